The number of hydrogen-bond donors (Lipinski definition) is 2. The highest BCUT2D eigenvalue weighted by molar-refractivity contribution is 6.30. The summed E-state index contributed by atoms with van der Waals surface area (Å²) >= 11 is 6.00. The first-order chi connectivity index (χ1) is 18.6. The number of aryl methyl sites for hydroxylation is 1. The van der Waals surface area contributed by atoms with E-state index < -0.39 is 0 Å². The van der Waals surface area contributed by atoms with Crippen LogP contribution in [0.25, 0.3) is 11.1 Å². The van der Waals surface area contributed by atoms with Crippen molar-refractivity contribution in [3.63, 3.8) is 0 Å². The van der Waals surface area contributed by atoms with Gasteiger partial charge in [0, 0.05) is 35.3 Å². The number of aromatic nitrogens is 4. The minimum Gasteiger partial charge on any atom is -0.324 e. The molecule has 5 aromatic rings. The normalized spacial score (nSPS) is 10.7. The molecule has 38 heavy (non-hydrogen) atoms. The Hall–Kier alpha value is -4.62. The summed E-state index contributed by atoms with van der Waals surface area (Å²) in [4.78, 5) is 30.7. The molecular formula is C30H25ClN6O. The number of nitrogens with one attached hydrogen (secondary N) is 2. The Balaban J connectivity index is 1.31. The van der Waals surface area contributed by atoms with Gasteiger partial charge < -0.3 is 10.6 Å². The van der Waals surface area contributed by atoms with Gasteiger partial charge in [-0.25, -0.2) is 4.98 Å². The van der Waals surface area contributed by atoms with Crippen molar-refractivity contribution in [1.82, 2.24) is 19.9 Å². The van der Waals surface area contributed by atoms with Crippen LogP contribution in [0, 0.1) is 0 Å². The molecule has 0 spiro atoms. The lowest BCUT2D eigenvalue weighted by atomic mass is 10.0. The number of hydrogen-bond acceptors (Lipinski definition) is 7. The summed E-state index contributed by atoms with van der Waals surface area (Å²) in [5.74, 6) is 1.87. The summed E-state index contributed by atoms with van der Waals surface area (Å²) in [6.07, 6.45) is 2.55. The van der Waals surface area contributed by atoms with Crippen molar-refractivity contribution in [3.8, 4) is 11.1 Å². The summed E-state index contributed by atoms with van der Waals surface area (Å²) in [6.45, 7) is 1.98. The molecule has 3 aromatic carbocycles. The Morgan fingerprint density at radius 1 is 0.789 bits per heavy atom. The van der Waals surface area contributed by atoms with E-state index in [-0.39, 0.29) is 5.78 Å². The van der Waals surface area contributed by atoms with E-state index in [9.17, 15) is 4.79 Å². The highest BCUT2D eigenvalue weighted by Crippen LogP contribution is 2.24. The predicted molar refractivity (Wildman–Crippen MR) is 151 cm³/mol. The second kappa shape index (κ2) is 11.6. The van der Waals surface area contributed by atoms with Crippen LogP contribution in [0.5, 0.6) is 0 Å². The Morgan fingerprint density at radius 3 is 2.13 bits per heavy atom. The average Bonchev–Trinajstić information content (AvgIpc) is 2.94. The fraction of sp³-hybridized carbons (Fsp3) is 0.100. The van der Waals surface area contributed by atoms with E-state index in [4.69, 9.17) is 11.6 Å². The quantitative estimate of drug-likeness (QED) is 0.201. The van der Waals surface area contributed by atoms with Gasteiger partial charge in [0.05, 0.1) is 0 Å². The van der Waals surface area contributed by atoms with Gasteiger partial charge in [-0.3, -0.25) is 4.79 Å². The molecule has 5 rings (SSSR count). The van der Waals surface area contributed by atoms with Gasteiger partial charge in [-0.05, 0) is 53.1 Å². The number of rotatable bonds is 9. The average molecular weight is 521 g/mol. The fourth-order valence-corrected chi connectivity index (χ4v) is 4.00. The number of nitrogens with zero attached hydrogens (tertiary/aromatic N) is 4. The van der Waals surface area contributed by atoms with Gasteiger partial charge in [0.2, 0.25) is 11.9 Å². The van der Waals surface area contributed by atoms with E-state index in [1.54, 1.807) is 18.3 Å². The highest BCUT2D eigenvalue weighted by Gasteiger charge is 2.11. The molecule has 0 unspecified atom stereocenters. The standard InChI is InChI=1S/C30H25ClN6O/c1-2-27-34-29(33-25-14-10-22(11-15-25)21-8-12-24(31)13-9-21)37-30(35-27)36-28-19-23(16-17-32-28)26(38)18-20-6-4-3-5-7-20/h3-17,19H,2,18H2,1H3,(H2,32,33,34,35,36,37). The third-order valence-corrected chi connectivity index (χ3v) is 6.10. The van der Waals surface area contributed by atoms with E-state index in [2.05, 4.69) is 30.6 Å². The van der Waals surface area contributed by atoms with Gasteiger partial charge in [-0.2, -0.15) is 15.0 Å². The van der Waals surface area contributed by atoms with Crippen LogP contribution in [0.1, 0.15) is 28.7 Å². The van der Waals surface area contributed by atoms with Gasteiger partial charge in [-0.15, -0.1) is 0 Å². The van der Waals surface area contributed by atoms with Crippen molar-refractivity contribution >= 4 is 40.8 Å². The zero-order valence-corrected chi connectivity index (χ0v) is 21.5. The van der Waals surface area contributed by atoms with Crippen LogP contribution in [0.15, 0.2) is 97.2 Å². The highest BCUT2D eigenvalue weighted by atomic mass is 35.5. The van der Waals surface area contributed by atoms with Crippen molar-refractivity contribution < 1.29 is 4.79 Å². The first-order valence-electron chi connectivity index (χ1n) is 12.2. The molecule has 8 heteroatoms. The largest absolute Gasteiger partial charge is 0.324 e. The van der Waals surface area contributed by atoms with Gasteiger partial charge in [-0.1, -0.05) is 73.1 Å². The second-order valence-corrected chi connectivity index (χ2v) is 9.04. The van der Waals surface area contributed by atoms with Crippen LogP contribution in [0.3, 0.4) is 0 Å². The van der Waals surface area contributed by atoms with Crippen LogP contribution < -0.4 is 10.6 Å². The van der Waals surface area contributed by atoms with Crippen molar-refractivity contribution in [1.29, 1.82) is 0 Å². The molecule has 2 aromatic heterocycles. The number of ketones is 1. The minimum atomic E-state index is 0.0101. The zero-order valence-electron chi connectivity index (χ0n) is 20.7. The molecular weight excluding hydrogens is 496 g/mol. The lowest BCUT2D eigenvalue weighted by Crippen LogP contribution is -2.09. The van der Waals surface area contributed by atoms with Crippen LogP contribution in [-0.4, -0.2) is 25.7 Å². The molecule has 0 aliphatic carbocycles. The molecule has 0 fully saturated rings. The summed E-state index contributed by atoms with van der Waals surface area (Å²) in [7, 11) is 0. The SMILES string of the molecule is CCc1nc(Nc2ccc(-c3ccc(Cl)cc3)cc2)nc(Nc2cc(C(=O)Cc3ccccc3)ccn2)n1. The van der Waals surface area contributed by atoms with Crippen LogP contribution >= 0.6 is 11.6 Å². The molecule has 188 valence electrons. The van der Waals surface area contributed by atoms with Crippen LogP contribution in [-0.2, 0) is 12.8 Å². The van der Waals surface area contributed by atoms with E-state index >= 15 is 0 Å². The number of anilines is 4. The first kappa shape index (κ1) is 25.0. The molecule has 0 aliphatic heterocycles. The smallest absolute Gasteiger partial charge is 0.233 e. The van der Waals surface area contributed by atoms with Crippen molar-refractivity contribution in [2.24, 2.45) is 0 Å². The molecule has 0 aliphatic rings. The maximum Gasteiger partial charge on any atom is 0.233 e. The van der Waals surface area contributed by atoms with E-state index in [1.807, 2.05) is 85.8 Å². The van der Waals surface area contributed by atoms with Gasteiger partial charge >= 0.3 is 0 Å². The van der Waals surface area contributed by atoms with Crippen molar-refractivity contribution in [3.05, 3.63) is 119 Å². The van der Waals surface area contributed by atoms with E-state index in [1.165, 1.54) is 0 Å². The van der Waals surface area contributed by atoms with Crippen LogP contribution in [0.2, 0.25) is 5.02 Å². The second-order valence-electron chi connectivity index (χ2n) is 8.60. The first-order valence-corrected chi connectivity index (χ1v) is 12.6. The van der Waals surface area contributed by atoms with Gasteiger partial charge in [0.25, 0.3) is 0 Å². The summed E-state index contributed by atoms with van der Waals surface area (Å²) in [5, 5.41) is 7.08. The number of carbonyl (C=O) groups excluding carboxylic acids is 1. The summed E-state index contributed by atoms with van der Waals surface area (Å²) in [6, 6.07) is 28.8. The van der Waals surface area contributed by atoms with Crippen LogP contribution in [0.4, 0.5) is 23.4 Å². The summed E-state index contributed by atoms with van der Waals surface area (Å²) in [5.41, 5.74) is 4.53. The molecule has 0 radical (unpaired) electrons. The minimum absolute atomic E-state index is 0.0101. The van der Waals surface area contributed by atoms with Gasteiger partial charge in [0.15, 0.2) is 5.78 Å². The molecule has 0 atom stereocenters. The third-order valence-electron chi connectivity index (χ3n) is 5.85. The number of carbonyl (C=O) groups is 1. The maximum atomic E-state index is 12.8. The van der Waals surface area contributed by atoms with Gasteiger partial charge in [0.1, 0.15) is 11.6 Å². The monoisotopic (exact) mass is 520 g/mol. The maximum absolute atomic E-state index is 12.8. The number of benzene rings is 3. The summed E-state index contributed by atoms with van der Waals surface area (Å²) < 4.78 is 0. The lowest BCUT2D eigenvalue weighted by molar-refractivity contribution is 0.0993. The van der Waals surface area contributed by atoms with E-state index in [0.717, 1.165) is 22.4 Å². The molecule has 2 heterocycles. The topological polar surface area (TPSA) is 92.7 Å². The Morgan fingerprint density at radius 2 is 1.45 bits per heavy atom. The molecule has 0 saturated carbocycles. The predicted octanol–water partition coefficient (Wildman–Crippen LogP) is 7.06. The molecule has 0 saturated heterocycles. The van der Waals surface area contributed by atoms with Crippen molar-refractivity contribution in [2.45, 2.75) is 19.8 Å². The van der Waals surface area contributed by atoms with E-state index in [0.29, 0.717) is 47.0 Å². The molecule has 0 bridgehead atoms. The Bertz CT molecular complexity index is 1540. The number of Topliss-reactive ketones (excluding diaryl/α,β-unsaturated/α-hetero) is 1. The Kier molecular flexibility index (Phi) is 7.66. The molecule has 2 N–H and O–H groups in total. The fourth-order valence-electron chi connectivity index (χ4n) is 3.88. The molecule has 0 amide bonds. The lowest BCUT2D eigenvalue weighted by Gasteiger charge is -2.11. The van der Waals surface area contributed by atoms with Crippen molar-refractivity contribution in [2.75, 3.05) is 10.6 Å². The third kappa shape index (κ3) is 6.38. The number of pyridine rings is 1. The number of halogens is 1. The molecule has 7 nitrogen and oxygen atoms in total. The zero-order chi connectivity index (χ0) is 26.3. The Labute approximate surface area is 226 Å².